The summed E-state index contributed by atoms with van der Waals surface area (Å²) in [6, 6.07) is 6.50. The van der Waals surface area contributed by atoms with Gasteiger partial charge in [-0.3, -0.25) is 4.79 Å². The van der Waals surface area contributed by atoms with Gasteiger partial charge in [0.1, 0.15) is 0 Å². The molecule has 0 saturated carbocycles. The Kier molecular flexibility index (Phi) is 10.4. The number of halogens is 1. The number of hydrogen-bond donors (Lipinski definition) is 2. The monoisotopic (exact) mass is 433 g/mol. The third-order valence-corrected chi connectivity index (χ3v) is 6.85. The minimum Gasteiger partial charge on any atom is -0.377 e. The number of nitrogens with one attached hydrogen (secondary N) is 2. The van der Waals surface area contributed by atoms with E-state index in [1.54, 1.807) is 24.3 Å². The summed E-state index contributed by atoms with van der Waals surface area (Å²) in [6.07, 6.45) is 2.32. The van der Waals surface area contributed by atoms with Crippen LogP contribution in [0.2, 0.25) is 0 Å². The lowest BCUT2D eigenvalue weighted by Gasteiger charge is -2.19. The van der Waals surface area contributed by atoms with Gasteiger partial charge in [0.05, 0.1) is 23.6 Å². The second kappa shape index (κ2) is 11.7. The number of nitrogens with zero attached hydrogens (tertiary/aromatic N) is 1. The summed E-state index contributed by atoms with van der Waals surface area (Å²) in [7, 11) is -3.46. The van der Waals surface area contributed by atoms with Crippen LogP contribution in [0.1, 0.15) is 45.2 Å². The van der Waals surface area contributed by atoms with Crippen molar-refractivity contribution in [3.05, 3.63) is 29.8 Å². The quantitative estimate of drug-likeness (QED) is 0.589. The van der Waals surface area contributed by atoms with E-state index in [1.165, 1.54) is 4.31 Å². The highest BCUT2D eigenvalue weighted by molar-refractivity contribution is 7.89. The summed E-state index contributed by atoms with van der Waals surface area (Å²) in [4.78, 5) is 12.3. The standard InChI is InChI=1S/C19H31N3O4S.ClH/c1-4-22(5-2)27(24,25)18-10-8-16(9-11-18)15(3)21-19(23)14-20-13-17-7-6-12-26-17;/h8-11,15,17,20H,4-7,12-14H2,1-3H3,(H,21,23);1H. The summed E-state index contributed by atoms with van der Waals surface area (Å²) in [5.41, 5.74) is 0.862. The molecule has 7 nitrogen and oxygen atoms in total. The molecule has 1 saturated heterocycles. The molecule has 9 heteroatoms. The number of sulfonamides is 1. The molecule has 0 aliphatic carbocycles. The van der Waals surface area contributed by atoms with Crippen LogP contribution in [0.4, 0.5) is 0 Å². The lowest BCUT2D eigenvalue weighted by atomic mass is 10.1. The van der Waals surface area contributed by atoms with Crippen LogP contribution < -0.4 is 10.6 Å². The predicted octanol–water partition coefficient (Wildman–Crippen LogP) is 2.08. The van der Waals surface area contributed by atoms with E-state index in [4.69, 9.17) is 4.74 Å². The predicted molar refractivity (Wildman–Crippen MR) is 112 cm³/mol. The molecular weight excluding hydrogens is 402 g/mol. The zero-order chi connectivity index (χ0) is 19.9. The van der Waals surface area contributed by atoms with Crippen LogP contribution in [-0.4, -0.2) is 57.5 Å². The number of amides is 1. The van der Waals surface area contributed by atoms with Gasteiger partial charge >= 0.3 is 0 Å². The fourth-order valence-electron chi connectivity index (χ4n) is 3.17. The van der Waals surface area contributed by atoms with Crippen molar-refractivity contribution in [2.24, 2.45) is 0 Å². The van der Waals surface area contributed by atoms with Crippen LogP contribution >= 0.6 is 12.4 Å². The SMILES string of the molecule is CCN(CC)S(=O)(=O)c1ccc(C(C)NC(=O)CNCC2CCCO2)cc1.Cl. The van der Waals surface area contributed by atoms with E-state index in [-0.39, 0.29) is 41.9 Å². The highest BCUT2D eigenvalue weighted by atomic mass is 35.5. The maximum absolute atomic E-state index is 12.5. The van der Waals surface area contributed by atoms with Crippen molar-refractivity contribution in [3.63, 3.8) is 0 Å². The lowest BCUT2D eigenvalue weighted by molar-refractivity contribution is -0.120. The van der Waals surface area contributed by atoms with Crippen molar-refractivity contribution in [3.8, 4) is 0 Å². The molecule has 1 aliphatic heterocycles. The molecule has 1 aromatic carbocycles. The smallest absolute Gasteiger partial charge is 0.243 e. The topological polar surface area (TPSA) is 87.7 Å². The highest BCUT2D eigenvalue weighted by Gasteiger charge is 2.22. The molecule has 1 fully saturated rings. The van der Waals surface area contributed by atoms with Crippen LogP contribution in [0.25, 0.3) is 0 Å². The fourth-order valence-corrected chi connectivity index (χ4v) is 4.63. The van der Waals surface area contributed by atoms with Crippen molar-refractivity contribution in [1.82, 2.24) is 14.9 Å². The maximum atomic E-state index is 12.5. The zero-order valence-corrected chi connectivity index (χ0v) is 18.4. The number of ether oxygens (including phenoxy) is 1. The Morgan fingerprint density at radius 1 is 1.25 bits per heavy atom. The molecule has 2 rings (SSSR count). The normalized spacial score (nSPS) is 17.9. The molecule has 2 unspecified atom stereocenters. The average molecular weight is 434 g/mol. The average Bonchev–Trinajstić information content (AvgIpc) is 3.16. The Hall–Kier alpha value is -1.19. The third kappa shape index (κ3) is 6.70. The molecule has 0 radical (unpaired) electrons. The first-order chi connectivity index (χ1) is 12.9. The van der Waals surface area contributed by atoms with Gasteiger partial charge in [-0.2, -0.15) is 4.31 Å². The minimum atomic E-state index is -3.46. The lowest BCUT2D eigenvalue weighted by Crippen LogP contribution is -2.38. The fraction of sp³-hybridized carbons (Fsp3) is 0.632. The van der Waals surface area contributed by atoms with E-state index in [1.807, 2.05) is 20.8 Å². The molecular formula is C19H32ClN3O4S. The molecule has 0 bridgehead atoms. The first-order valence-electron chi connectivity index (χ1n) is 9.60. The summed E-state index contributed by atoms with van der Waals surface area (Å²) in [5.74, 6) is -0.0969. The molecule has 1 aromatic rings. The van der Waals surface area contributed by atoms with Crippen LogP contribution in [-0.2, 0) is 19.6 Å². The first kappa shape index (κ1) is 24.8. The largest absolute Gasteiger partial charge is 0.377 e. The summed E-state index contributed by atoms with van der Waals surface area (Å²) in [5, 5.41) is 6.04. The van der Waals surface area contributed by atoms with E-state index >= 15 is 0 Å². The van der Waals surface area contributed by atoms with Crippen LogP contribution in [0.3, 0.4) is 0 Å². The van der Waals surface area contributed by atoms with Gasteiger partial charge in [-0.05, 0) is 37.5 Å². The van der Waals surface area contributed by atoms with E-state index < -0.39 is 10.0 Å². The molecule has 0 aromatic heterocycles. The van der Waals surface area contributed by atoms with Gasteiger partial charge in [0.2, 0.25) is 15.9 Å². The van der Waals surface area contributed by atoms with Crippen LogP contribution in [0, 0.1) is 0 Å². The van der Waals surface area contributed by atoms with Crippen LogP contribution in [0.5, 0.6) is 0 Å². The molecule has 160 valence electrons. The molecule has 0 spiro atoms. The van der Waals surface area contributed by atoms with Gasteiger partial charge in [0.15, 0.2) is 0 Å². The second-order valence-electron chi connectivity index (χ2n) is 6.71. The molecule has 2 atom stereocenters. The number of rotatable bonds is 10. The molecule has 1 aliphatic rings. The highest BCUT2D eigenvalue weighted by Crippen LogP contribution is 2.19. The van der Waals surface area contributed by atoms with Gasteiger partial charge < -0.3 is 15.4 Å². The van der Waals surface area contributed by atoms with Gasteiger partial charge in [-0.25, -0.2) is 8.42 Å². The zero-order valence-electron chi connectivity index (χ0n) is 16.8. The number of hydrogen-bond acceptors (Lipinski definition) is 5. The van der Waals surface area contributed by atoms with E-state index in [2.05, 4.69) is 10.6 Å². The van der Waals surface area contributed by atoms with Gasteiger partial charge in [-0.1, -0.05) is 26.0 Å². The Labute approximate surface area is 174 Å². The molecule has 2 N–H and O–H groups in total. The van der Waals surface area contributed by atoms with Crippen molar-refractivity contribution >= 4 is 28.3 Å². The van der Waals surface area contributed by atoms with E-state index in [9.17, 15) is 13.2 Å². The number of carbonyl (C=O) groups excluding carboxylic acids is 1. The first-order valence-corrected chi connectivity index (χ1v) is 11.0. The summed E-state index contributed by atoms with van der Waals surface area (Å²) >= 11 is 0. The Balaban J connectivity index is 0.00000392. The van der Waals surface area contributed by atoms with Gasteiger partial charge in [0.25, 0.3) is 0 Å². The minimum absolute atomic E-state index is 0. The Morgan fingerprint density at radius 2 is 1.89 bits per heavy atom. The Bertz CT molecular complexity index is 702. The van der Waals surface area contributed by atoms with E-state index in [0.29, 0.717) is 19.6 Å². The second-order valence-corrected chi connectivity index (χ2v) is 8.65. The molecule has 1 heterocycles. The van der Waals surface area contributed by atoms with E-state index in [0.717, 1.165) is 25.0 Å². The van der Waals surface area contributed by atoms with Crippen molar-refractivity contribution in [2.75, 3.05) is 32.8 Å². The van der Waals surface area contributed by atoms with Gasteiger partial charge in [-0.15, -0.1) is 12.4 Å². The Morgan fingerprint density at radius 3 is 2.43 bits per heavy atom. The number of carbonyl (C=O) groups is 1. The van der Waals surface area contributed by atoms with Crippen LogP contribution in [0.15, 0.2) is 29.2 Å². The maximum Gasteiger partial charge on any atom is 0.243 e. The molecule has 28 heavy (non-hydrogen) atoms. The third-order valence-electron chi connectivity index (χ3n) is 4.78. The van der Waals surface area contributed by atoms with Crippen molar-refractivity contribution < 1.29 is 17.9 Å². The molecule has 1 amide bonds. The summed E-state index contributed by atoms with van der Waals surface area (Å²) < 4.78 is 32.0. The van der Waals surface area contributed by atoms with Crippen molar-refractivity contribution in [1.29, 1.82) is 0 Å². The summed E-state index contributed by atoms with van der Waals surface area (Å²) in [6.45, 7) is 8.11. The van der Waals surface area contributed by atoms with Gasteiger partial charge in [0, 0.05) is 26.2 Å². The number of benzene rings is 1. The van der Waals surface area contributed by atoms with Crippen molar-refractivity contribution in [2.45, 2.75) is 50.7 Å².